The molecule has 4 aromatic rings. The van der Waals surface area contributed by atoms with E-state index in [4.69, 9.17) is 4.18 Å². The lowest BCUT2D eigenvalue weighted by Gasteiger charge is -2.26. The Morgan fingerprint density at radius 2 is 0.636 bits per heavy atom. The first-order valence-electron chi connectivity index (χ1n) is 17.4. The zero-order valence-corrected chi connectivity index (χ0v) is 36.9. The number of fused-ring (bicyclic) bond motifs is 8. The van der Waals surface area contributed by atoms with Crippen LogP contribution in [0, 0.1) is 0 Å². The lowest BCUT2D eigenvalue weighted by atomic mass is 9.87. The van der Waals surface area contributed by atoms with Gasteiger partial charge in [0.05, 0.1) is 39.2 Å². The number of rotatable bonds is 2. The van der Waals surface area contributed by atoms with Gasteiger partial charge in [-0.15, -0.1) is 0 Å². The van der Waals surface area contributed by atoms with Gasteiger partial charge in [-0.3, -0.25) is 0 Å². The number of aromatic hydroxyl groups is 3. The molecule has 8 bridgehead atoms. The highest BCUT2D eigenvalue weighted by Gasteiger charge is 2.49. The fourth-order valence-electron chi connectivity index (χ4n) is 5.39. The summed E-state index contributed by atoms with van der Waals surface area (Å²) in [6.07, 6.45) is 0. The molecule has 4 aromatic carbocycles. The molecule has 0 unspecified atom stereocenters. The number of phenolic OH excluding ortho intramolecular Hbond substituents is 3. The fraction of sp³-hybridized carbons (Fsp3) is 0.415. The van der Waals surface area contributed by atoms with Gasteiger partial charge in [0, 0.05) is 0 Å². The first kappa shape index (κ1) is 43.3. The standard InChI is InChI=1S/C41H47F3O6S5/c1-37(2,3)21-13-25-33(45)26(14-21)52-28-16-23(39(7,8)9)18-30(35(28)47)54-32-20-24(40(10,11)12)19-31(36(32)50-55(48,49)41(42,43)44)53-29-17-22(38(4,5)6)15-27(51-25)34(29)46/h13-20,45-47H,1-12H3. The van der Waals surface area contributed by atoms with Gasteiger partial charge in [0.15, 0.2) is 5.75 Å². The molecule has 0 spiro atoms. The summed E-state index contributed by atoms with van der Waals surface area (Å²) in [5, 5.41) is 35.8. The molecule has 5 rings (SSSR count). The first-order chi connectivity index (χ1) is 24.9. The molecule has 0 radical (unpaired) electrons. The number of phenols is 3. The minimum atomic E-state index is -6.17. The van der Waals surface area contributed by atoms with E-state index in [2.05, 4.69) is 0 Å². The van der Waals surface area contributed by atoms with Crippen molar-refractivity contribution < 1.29 is 41.1 Å². The van der Waals surface area contributed by atoms with E-state index in [1.54, 1.807) is 24.3 Å². The summed E-state index contributed by atoms with van der Waals surface area (Å²) in [5.41, 5.74) is -4.51. The van der Waals surface area contributed by atoms with Crippen LogP contribution < -0.4 is 4.18 Å². The first-order valence-corrected chi connectivity index (χ1v) is 22.1. The fourth-order valence-corrected chi connectivity index (χ4v) is 10.4. The van der Waals surface area contributed by atoms with Crippen LogP contribution in [0.25, 0.3) is 0 Å². The molecule has 1 heterocycles. The summed E-state index contributed by atoms with van der Waals surface area (Å²) in [4.78, 5) is 2.10. The predicted octanol–water partition coefficient (Wildman–Crippen LogP) is 13.1. The molecule has 0 saturated carbocycles. The van der Waals surface area contributed by atoms with Gasteiger partial charge in [0.1, 0.15) is 17.2 Å². The highest BCUT2D eigenvalue weighted by molar-refractivity contribution is 8.01. The minimum Gasteiger partial charge on any atom is -0.506 e. The van der Waals surface area contributed by atoms with Crippen LogP contribution in [0.5, 0.6) is 23.0 Å². The number of halogens is 3. The van der Waals surface area contributed by atoms with E-state index in [0.29, 0.717) is 25.1 Å². The molecule has 0 aliphatic carbocycles. The Labute approximate surface area is 339 Å². The van der Waals surface area contributed by atoms with Crippen molar-refractivity contribution in [3.05, 3.63) is 70.8 Å². The van der Waals surface area contributed by atoms with Crippen LogP contribution in [0.4, 0.5) is 13.2 Å². The molecule has 1 aliphatic heterocycles. The smallest absolute Gasteiger partial charge is 0.506 e. The largest absolute Gasteiger partial charge is 0.534 e. The van der Waals surface area contributed by atoms with Crippen LogP contribution in [0.1, 0.15) is 105 Å². The van der Waals surface area contributed by atoms with Crippen molar-refractivity contribution in [2.45, 2.75) is 149 Å². The normalized spacial score (nSPS) is 14.5. The maximum absolute atomic E-state index is 14.0. The third kappa shape index (κ3) is 9.35. The Balaban J connectivity index is 1.97. The molecule has 0 amide bonds. The zero-order valence-electron chi connectivity index (χ0n) is 32.9. The Bertz CT molecular complexity index is 2160. The van der Waals surface area contributed by atoms with Crippen LogP contribution in [-0.4, -0.2) is 29.2 Å². The van der Waals surface area contributed by atoms with Gasteiger partial charge in [0.2, 0.25) is 0 Å². The van der Waals surface area contributed by atoms with E-state index in [0.717, 1.165) is 63.7 Å². The van der Waals surface area contributed by atoms with Crippen molar-refractivity contribution in [2.75, 3.05) is 0 Å². The lowest BCUT2D eigenvalue weighted by Crippen LogP contribution is -2.28. The highest BCUT2D eigenvalue weighted by Crippen LogP contribution is 2.56. The van der Waals surface area contributed by atoms with E-state index >= 15 is 0 Å². The van der Waals surface area contributed by atoms with Gasteiger partial charge in [-0.05, 0) is 92.4 Å². The van der Waals surface area contributed by atoms with Crippen molar-refractivity contribution in [1.29, 1.82) is 0 Å². The van der Waals surface area contributed by atoms with Crippen molar-refractivity contribution in [3.63, 3.8) is 0 Å². The number of hydrogen-bond donors (Lipinski definition) is 3. The minimum absolute atomic E-state index is 0.00748. The zero-order chi connectivity index (χ0) is 41.4. The second-order valence-electron chi connectivity index (χ2n) is 17.7. The molecule has 298 valence electrons. The number of hydrogen-bond acceptors (Lipinski definition) is 10. The molecule has 55 heavy (non-hydrogen) atoms. The monoisotopic (exact) mass is 852 g/mol. The summed E-state index contributed by atoms with van der Waals surface area (Å²) < 4.78 is 72.8. The van der Waals surface area contributed by atoms with Gasteiger partial charge in [-0.2, -0.15) is 21.6 Å². The van der Waals surface area contributed by atoms with Crippen LogP contribution >= 0.6 is 47.0 Å². The summed E-state index contributed by atoms with van der Waals surface area (Å²) in [7, 11) is -6.17. The van der Waals surface area contributed by atoms with Gasteiger partial charge < -0.3 is 19.5 Å². The Morgan fingerprint density at radius 1 is 0.436 bits per heavy atom. The molecule has 0 atom stereocenters. The van der Waals surface area contributed by atoms with Crippen LogP contribution in [0.2, 0.25) is 0 Å². The van der Waals surface area contributed by atoms with Crippen molar-refractivity contribution in [2.24, 2.45) is 0 Å². The van der Waals surface area contributed by atoms with Crippen molar-refractivity contribution in [3.8, 4) is 23.0 Å². The summed E-state index contributed by atoms with van der Waals surface area (Å²) >= 11 is 4.02. The molecule has 1 aliphatic rings. The average Bonchev–Trinajstić information content (AvgIpc) is 3.00. The third-order valence-corrected chi connectivity index (χ3v) is 14.1. The number of alkyl halides is 3. The SMILES string of the molecule is CC(C)(C)c1cc2c(O)c(c1)Sc1cc(C(C)(C)C)cc(c1O)Sc1cc(C(C)(C)C)cc(c1OS(=O)(=O)C(F)(F)F)Sc1cc(C(C)(C)C)cc(c1O)S2. The van der Waals surface area contributed by atoms with Crippen LogP contribution in [0.15, 0.2) is 87.7 Å². The Kier molecular flexibility index (Phi) is 11.5. The van der Waals surface area contributed by atoms with Gasteiger partial charge in [0.25, 0.3) is 0 Å². The molecule has 3 N–H and O–H groups in total. The van der Waals surface area contributed by atoms with Crippen LogP contribution in [-0.2, 0) is 31.8 Å². The molecule has 14 heteroatoms. The second kappa shape index (κ2) is 14.6. The average molecular weight is 853 g/mol. The molecule has 0 fully saturated rings. The van der Waals surface area contributed by atoms with E-state index in [1.807, 2.05) is 107 Å². The highest BCUT2D eigenvalue weighted by atomic mass is 32.2. The van der Waals surface area contributed by atoms with Crippen LogP contribution in [0.3, 0.4) is 0 Å². The Hall–Kier alpha value is -2.78. The molecule has 0 aromatic heterocycles. The van der Waals surface area contributed by atoms with Gasteiger partial charge in [-0.25, -0.2) is 0 Å². The second-order valence-corrected chi connectivity index (χ2v) is 23.5. The van der Waals surface area contributed by atoms with Crippen molar-refractivity contribution >= 4 is 57.2 Å². The summed E-state index contributed by atoms with van der Waals surface area (Å²) in [6.45, 7) is 23.7. The number of benzene rings is 4. The van der Waals surface area contributed by atoms with E-state index in [9.17, 15) is 36.9 Å². The topological polar surface area (TPSA) is 104 Å². The van der Waals surface area contributed by atoms with Gasteiger partial charge in [-0.1, -0.05) is 130 Å². The summed E-state index contributed by atoms with van der Waals surface area (Å²) in [5.74, 6) is -1.05. The summed E-state index contributed by atoms with van der Waals surface area (Å²) in [6, 6.07) is 14.0. The van der Waals surface area contributed by atoms with E-state index in [-0.39, 0.29) is 42.2 Å². The molecule has 0 saturated heterocycles. The van der Waals surface area contributed by atoms with Gasteiger partial charge >= 0.3 is 15.6 Å². The lowest BCUT2D eigenvalue weighted by molar-refractivity contribution is -0.0501. The van der Waals surface area contributed by atoms with E-state index < -0.39 is 37.6 Å². The predicted molar refractivity (Wildman–Crippen MR) is 218 cm³/mol. The van der Waals surface area contributed by atoms with E-state index in [1.165, 1.54) is 0 Å². The molecule has 6 nitrogen and oxygen atoms in total. The molecular formula is C41H47F3O6S5. The maximum Gasteiger partial charge on any atom is 0.534 e. The maximum atomic E-state index is 14.0. The van der Waals surface area contributed by atoms with Crippen molar-refractivity contribution in [1.82, 2.24) is 0 Å². The third-order valence-electron chi connectivity index (χ3n) is 8.96. The molecular weight excluding hydrogens is 806 g/mol. The Morgan fingerprint density at radius 3 is 0.836 bits per heavy atom. The quantitative estimate of drug-likeness (QED) is 0.117.